The average Bonchev–Trinajstić information content (AvgIpc) is 2.45. The summed E-state index contributed by atoms with van der Waals surface area (Å²) < 4.78 is 9.63. The molecular weight excluding hydrogens is 318 g/mol. The zero-order chi connectivity index (χ0) is 15.0. The molecule has 0 radical (unpaired) electrons. The van der Waals surface area contributed by atoms with E-state index >= 15 is 0 Å². The maximum Gasteiger partial charge on any atom is 0.352 e. The van der Waals surface area contributed by atoms with Gasteiger partial charge in [0.25, 0.3) is 0 Å². The van der Waals surface area contributed by atoms with Gasteiger partial charge in [-0.1, -0.05) is 23.7 Å². The van der Waals surface area contributed by atoms with Crippen molar-refractivity contribution in [1.82, 2.24) is 0 Å². The van der Waals surface area contributed by atoms with Crippen LogP contribution in [0, 0.1) is 11.3 Å². The Labute approximate surface area is 132 Å². The lowest BCUT2D eigenvalue weighted by Gasteiger charge is -2.05. The number of rotatable bonds is 6. The predicted octanol–water partition coefficient (Wildman–Crippen LogP) is 3.39. The molecule has 0 unspecified atom stereocenters. The molecule has 106 valence electrons. The van der Waals surface area contributed by atoms with Gasteiger partial charge in [-0.3, -0.25) is 0 Å². The zero-order valence-electron chi connectivity index (χ0n) is 10.6. The number of hydrogen-bond donors (Lipinski definition) is 1. The highest BCUT2D eigenvalue weighted by Crippen LogP contribution is 2.28. The number of hydrogen-bond acceptors (Lipinski definition) is 6. The number of halogens is 1. The Morgan fingerprint density at radius 1 is 1.45 bits per heavy atom. The van der Waals surface area contributed by atoms with Crippen molar-refractivity contribution in [2.45, 2.75) is 5.75 Å². The number of nitrogens with zero attached hydrogens (tertiary/aromatic N) is 1. The number of thioether (sulfide) groups is 1. The van der Waals surface area contributed by atoms with Crippen LogP contribution in [0.4, 0.5) is 0 Å². The Bertz CT molecular complexity index is 538. The van der Waals surface area contributed by atoms with Gasteiger partial charge in [0, 0.05) is 17.9 Å². The SMILES string of the molecule is COCOC(=O)/C(C#N)=C(\S)SCc1ccc(Cl)cc1. The van der Waals surface area contributed by atoms with Crippen LogP contribution in [0.25, 0.3) is 0 Å². The van der Waals surface area contributed by atoms with Crippen molar-refractivity contribution in [3.8, 4) is 6.07 Å². The molecule has 4 nitrogen and oxygen atoms in total. The number of carbonyl (C=O) groups is 1. The molecule has 0 aliphatic heterocycles. The molecule has 0 aliphatic rings. The number of nitriles is 1. The summed E-state index contributed by atoms with van der Waals surface area (Å²) in [5.41, 5.74) is 0.873. The molecule has 0 N–H and O–H groups in total. The summed E-state index contributed by atoms with van der Waals surface area (Å²) in [5, 5.41) is 9.62. The predicted molar refractivity (Wildman–Crippen MR) is 82.3 cm³/mol. The third-order valence-corrected chi connectivity index (χ3v) is 3.94. The van der Waals surface area contributed by atoms with E-state index in [-0.39, 0.29) is 12.4 Å². The Morgan fingerprint density at radius 3 is 2.65 bits per heavy atom. The van der Waals surface area contributed by atoms with Crippen LogP contribution in [0.5, 0.6) is 0 Å². The first kappa shape index (κ1) is 16.9. The first-order valence-corrected chi connectivity index (χ1v) is 7.26. The van der Waals surface area contributed by atoms with Crippen LogP contribution in [0.3, 0.4) is 0 Å². The second kappa shape index (κ2) is 8.93. The Hall–Kier alpha value is -1.13. The first-order chi connectivity index (χ1) is 9.58. The van der Waals surface area contributed by atoms with E-state index in [0.29, 0.717) is 15.0 Å². The Morgan fingerprint density at radius 2 is 2.10 bits per heavy atom. The van der Waals surface area contributed by atoms with E-state index in [2.05, 4.69) is 17.4 Å². The topological polar surface area (TPSA) is 59.3 Å². The summed E-state index contributed by atoms with van der Waals surface area (Å²) in [4.78, 5) is 11.6. The molecule has 0 spiro atoms. The van der Waals surface area contributed by atoms with E-state index in [4.69, 9.17) is 21.6 Å². The Kier molecular flexibility index (Phi) is 7.55. The number of esters is 1. The molecule has 0 aliphatic carbocycles. The van der Waals surface area contributed by atoms with Gasteiger partial charge in [0.05, 0.1) is 4.24 Å². The molecule has 0 aromatic heterocycles. The van der Waals surface area contributed by atoms with Crippen molar-refractivity contribution in [2.24, 2.45) is 0 Å². The molecule has 20 heavy (non-hydrogen) atoms. The number of methoxy groups -OCH3 is 1. The van der Waals surface area contributed by atoms with Crippen LogP contribution in [0.2, 0.25) is 5.02 Å². The van der Waals surface area contributed by atoms with E-state index in [1.165, 1.54) is 18.9 Å². The highest BCUT2D eigenvalue weighted by atomic mass is 35.5. The summed E-state index contributed by atoms with van der Waals surface area (Å²) in [6.07, 6.45) is 0. The minimum Gasteiger partial charge on any atom is -0.434 e. The minimum atomic E-state index is -0.747. The summed E-state index contributed by atoms with van der Waals surface area (Å²) in [5.74, 6) is -0.179. The summed E-state index contributed by atoms with van der Waals surface area (Å²) >= 11 is 11.2. The molecule has 0 amide bonds. The highest BCUT2D eigenvalue weighted by molar-refractivity contribution is 8.15. The van der Waals surface area contributed by atoms with Gasteiger partial charge < -0.3 is 9.47 Å². The van der Waals surface area contributed by atoms with Gasteiger partial charge in [-0.05, 0) is 17.7 Å². The number of benzene rings is 1. The van der Waals surface area contributed by atoms with Gasteiger partial charge in [0.15, 0.2) is 12.4 Å². The fraction of sp³-hybridized carbons (Fsp3) is 0.231. The Balaban J connectivity index is 2.68. The lowest BCUT2D eigenvalue weighted by Crippen LogP contribution is -2.09. The fourth-order valence-electron chi connectivity index (χ4n) is 1.17. The third-order valence-electron chi connectivity index (χ3n) is 2.13. The van der Waals surface area contributed by atoms with Gasteiger partial charge in [-0.2, -0.15) is 5.26 Å². The molecule has 1 rings (SSSR count). The van der Waals surface area contributed by atoms with E-state index in [9.17, 15) is 4.79 Å². The van der Waals surface area contributed by atoms with E-state index in [1.54, 1.807) is 18.2 Å². The van der Waals surface area contributed by atoms with Crippen LogP contribution >= 0.6 is 36.0 Å². The van der Waals surface area contributed by atoms with E-state index in [1.807, 2.05) is 12.1 Å². The van der Waals surface area contributed by atoms with Crippen LogP contribution in [0.1, 0.15) is 5.56 Å². The number of thiol groups is 1. The normalized spacial score (nSPS) is 11.5. The molecule has 0 saturated carbocycles. The maximum atomic E-state index is 11.6. The van der Waals surface area contributed by atoms with Crippen LogP contribution in [-0.4, -0.2) is 19.9 Å². The lowest BCUT2D eigenvalue weighted by atomic mass is 10.2. The van der Waals surface area contributed by atoms with Crippen molar-refractivity contribution in [3.05, 3.63) is 44.7 Å². The molecule has 7 heteroatoms. The minimum absolute atomic E-state index is 0.135. The second-order valence-corrected chi connectivity index (χ2v) is 5.72. The lowest BCUT2D eigenvalue weighted by molar-refractivity contribution is -0.148. The second-order valence-electron chi connectivity index (χ2n) is 3.55. The zero-order valence-corrected chi connectivity index (χ0v) is 13.1. The van der Waals surface area contributed by atoms with Crippen molar-refractivity contribution in [1.29, 1.82) is 5.26 Å². The van der Waals surface area contributed by atoms with Crippen molar-refractivity contribution in [2.75, 3.05) is 13.9 Å². The molecule has 1 aromatic rings. The van der Waals surface area contributed by atoms with Gasteiger partial charge in [-0.15, -0.1) is 24.4 Å². The quantitative estimate of drug-likeness (QED) is 0.285. The van der Waals surface area contributed by atoms with Crippen LogP contribution in [-0.2, 0) is 20.0 Å². The molecule has 0 fully saturated rings. The van der Waals surface area contributed by atoms with Crippen molar-refractivity contribution >= 4 is 42.0 Å². The summed E-state index contributed by atoms with van der Waals surface area (Å²) in [6, 6.07) is 9.07. The fourth-order valence-corrected chi connectivity index (χ4v) is 2.40. The molecular formula is C13H12ClNO3S2. The summed E-state index contributed by atoms with van der Waals surface area (Å²) in [7, 11) is 1.39. The first-order valence-electron chi connectivity index (χ1n) is 5.45. The van der Waals surface area contributed by atoms with Crippen molar-refractivity contribution < 1.29 is 14.3 Å². The van der Waals surface area contributed by atoms with E-state index in [0.717, 1.165) is 5.56 Å². The smallest absolute Gasteiger partial charge is 0.352 e. The molecule has 0 atom stereocenters. The molecule has 1 aromatic carbocycles. The molecule has 0 bridgehead atoms. The van der Waals surface area contributed by atoms with Crippen LogP contribution in [0.15, 0.2) is 34.1 Å². The monoisotopic (exact) mass is 329 g/mol. The number of ether oxygens (including phenoxy) is 2. The molecule has 0 heterocycles. The van der Waals surface area contributed by atoms with Gasteiger partial charge in [-0.25, -0.2) is 4.79 Å². The van der Waals surface area contributed by atoms with Gasteiger partial charge in [0.2, 0.25) is 0 Å². The van der Waals surface area contributed by atoms with Gasteiger partial charge in [0.1, 0.15) is 6.07 Å². The highest BCUT2D eigenvalue weighted by Gasteiger charge is 2.15. The largest absolute Gasteiger partial charge is 0.434 e. The molecule has 0 saturated heterocycles. The van der Waals surface area contributed by atoms with Gasteiger partial charge >= 0.3 is 5.97 Å². The maximum absolute atomic E-state index is 11.6. The van der Waals surface area contributed by atoms with Crippen molar-refractivity contribution in [3.63, 3.8) is 0 Å². The average molecular weight is 330 g/mol. The summed E-state index contributed by atoms with van der Waals surface area (Å²) in [6.45, 7) is -0.201. The standard InChI is InChI=1S/C13H12ClNO3S2/c1-17-8-18-12(16)11(6-15)13(19)20-7-9-2-4-10(14)5-3-9/h2-5,19H,7-8H2,1H3/b13-11+. The van der Waals surface area contributed by atoms with E-state index < -0.39 is 5.97 Å². The third kappa shape index (κ3) is 5.47. The van der Waals surface area contributed by atoms with Crippen LogP contribution < -0.4 is 0 Å². The number of carbonyl (C=O) groups excluding carboxylic acids is 1.